The number of likely N-dealkylation sites (tertiary alicyclic amines) is 1. The van der Waals surface area contributed by atoms with E-state index in [9.17, 15) is 13.8 Å². The van der Waals surface area contributed by atoms with Crippen LogP contribution in [0.2, 0.25) is 0 Å². The average molecular weight is 292 g/mol. The van der Waals surface area contributed by atoms with E-state index in [0.29, 0.717) is 0 Å². The molecule has 0 aromatic carbocycles. The number of hydrogen-bond donors (Lipinski definition) is 2. The molecule has 19 heavy (non-hydrogen) atoms. The van der Waals surface area contributed by atoms with Crippen LogP contribution in [-0.4, -0.2) is 70.1 Å². The van der Waals surface area contributed by atoms with Crippen LogP contribution in [0.15, 0.2) is 0 Å². The number of aliphatic carboxylic acids is 1. The quantitative estimate of drug-likeness (QED) is 0.721. The molecule has 0 aromatic rings. The normalized spacial score (nSPS) is 25.9. The summed E-state index contributed by atoms with van der Waals surface area (Å²) in [5.74, 6) is -1.04. The largest absolute Gasteiger partial charge is 0.480 e. The van der Waals surface area contributed by atoms with Gasteiger partial charge in [0.2, 0.25) is 0 Å². The number of carboxylic acid groups (broad SMARTS) is 1. The van der Waals surface area contributed by atoms with Crippen molar-refractivity contribution in [1.82, 2.24) is 10.2 Å². The Bertz CT molecular complexity index is 376. The van der Waals surface area contributed by atoms with Gasteiger partial charge >= 0.3 is 12.0 Å². The Morgan fingerprint density at radius 3 is 2.68 bits per heavy atom. The summed E-state index contributed by atoms with van der Waals surface area (Å²) in [6, 6.07) is -1.32. The molecule has 0 aliphatic carbocycles. The molecule has 0 radical (unpaired) electrons. The molecule has 0 spiro atoms. The van der Waals surface area contributed by atoms with Crippen LogP contribution in [0.3, 0.4) is 0 Å². The number of urea groups is 1. The molecule has 0 aromatic heterocycles. The molecule has 7 nitrogen and oxygen atoms in total. The number of ether oxygens (including phenoxy) is 1. The molecule has 8 heteroatoms. The average Bonchev–Trinajstić information content (AvgIpc) is 2.79. The second kappa shape index (κ2) is 6.85. The van der Waals surface area contributed by atoms with Crippen molar-refractivity contribution >= 4 is 22.8 Å². The standard InChI is InChI=1S/C11H20N2O5S/c1-7(19(3)17)5-12-11(16)13-6-8(18-2)4-9(13)10(14)15/h7-9H,4-6H2,1-3H3,(H,12,16)(H,14,15). The van der Waals surface area contributed by atoms with Crippen molar-refractivity contribution < 1.29 is 23.6 Å². The fourth-order valence-electron chi connectivity index (χ4n) is 1.88. The van der Waals surface area contributed by atoms with Gasteiger partial charge in [0.25, 0.3) is 0 Å². The first-order valence-corrected chi connectivity index (χ1v) is 7.61. The first kappa shape index (κ1) is 15.9. The number of hydrogen-bond acceptors (Lipinski definition) is 4. The lowest BCUT2D eigenvalue weighted by Crippen LogP contribution is -2.48. The molecule has 1 fully saturated rings. The molecule has 2 N–H and O–H groups in total. The zero-order valence-corrected chi connectivity index (χ0v) is 12.1. The lowest BCUT2D eigenvalue weighted by atomic mass is 10.2. The van der Waals surface area contributed by atoms with Gasteiger partial charge in [-0.1, -0.05) is 0 Å². The highest BCUT2D eigenvalue weighted by Crippen LogP contribution is 2.20. The van der Waals surface area contributed by atoms with E-state index in [1.807, 2.05) is 0 Å². The molecule has 4 atom stereocenters. The number of nitrogens with zero attached hydrogens (tertiary/aromatic N) is 1. The highest BCUT2D eigenvalue weighted by molar-refractivity contribution is 7.84. The Morgan fingerprint density at radius 1 is 1.58 bits per heavy atom. The monoisotopic (exact) mass is 292 g/mol. The molecule has 0 saturated carbocycles. The maximum atomic E-state index is 11.9. The van der Waals surface area contributed by atoms with Crippen molar-refractivity contribution in [2.75, 3.05) is 26.5 Å². The smallest absolute Gasteiger partial charge is 0.326 e. The van der Waals surface area contributed by atoms with Crippen molar-refractivity contribution in [3.05, 3.63) is 0 Å². The number of carboxylic acids is 1. The molecular weight excluding hydrogens is 272 g/mol. The summed E-state index contributed by atoms with van der Waals surface area (Å²) < 4.78 is 16.3. The molecule has 1 rings (SSSR count). The first-order valence-electron chi connectivity index (χ1n) is 5.99. The van der Waals surface area contributed by atoms with Gasteiger partial charge in [0.15, 0.2) is 0 Å². The van der Waals surface area contributed by atoms with Crippen LogP contribution in [0.25, 0.3) is 0 Å². The zero-order chi connectivity index (χ0) is 14.6. The molecule has 1 aliphatic heterocycles. The van der Waals surface area contributed by atoms with Gasteiger partial charge in [0, 0.05) is 48.9 Å². The highest BCUT2D eigenvalue weighted by Gasteiger charge is 2.39. The Hall–Kier alpha value is -1.15. The summed E-state index contributed by atoms with van der Waals surface area (Å²) in [6.07, 6.45) is 1.59. The third-order valence-corrected chi connectivity index (χ3v) is 4.55. The van der Waals surface area contributed by atoms with Crippen molar-refractivity contribution in [1.29, 1.82) is 0 Å². The maximum Gasteiger partial charge on any atom is 0.326 e. The van der Waals surface area contributed by atoms with E-state index in [-0.39, 0.29) is 30.9 Å². The van der Waals surface area contributed by atoms with Gasteiger partial charge in [-0.3, -0.25) is 4.21 Å². The third kappa shape index (κ3) is 4.17. The second-order valence-electron chi connectivity index (χ2n) is 4.60. The number of amides is 2. The van der Waals surface area contributed by atoms with Crippen LogP contribution < -0.4 is 5.32 Å². The van der Waals surface area contributed by atoms with Crippen LogP contribution in [-0.2, 0) is 20.3 Å². The van der Waals surface area contributed by atoms with E-state index in [0.717, 1.165) is 0 Å². The minimum Gasteiger partial charge on any atom is -0.480 e. The lowest BCUT2D eigenvalue weighted by molar-refractivity contribution is -0.141. The SMILES string of the molecule is COC1CC(C(=O)O)N(C(=O)NCC(C)S(C)=O)C1. The molecule has 110 valence electrons. The summed E-state index contributed by atoms with van der Waals surface area (Å²) in [7, 11) is 0.465. The van der Waals surface area contributed by atoms with Gasteiger partial charge in [0.1, 0.15) is 6.04 Å². The van der Waals surface area contributed by atoms with Crippen molar-refractivity contribution in [2.45, 2.75) is 30.7 Å². The van der Waals surface area contributed by atoms with Gasteiger partial charge in [-0.2, -0.15) is 0 Å². The Morgan fingerprint density at radius 2 is 2.21 bits per heavy atom. The summed E-state index contributed by atoms with van der Waals surface area (Å²) in [5, 5.41) is 11.5. The topological polar surface area (TPSA) is 95.9 Å². The fourth-order valence-corrected chi connectivity index (χ4v) is 2.19. The lowest BCUT2D eigenvalue weighted by Gasteiger charge is -2.22. The predicted molar refractivity (Wildman–Crippen MR) is 70.5 cm³/mol. The number of carbonyl (C=O) groups is 2. The van der Waals surface area contributed by atoms with Gasteiger partial charge in [-0.05, 0) is 6.92 Å². The number of carbonyl (C=O) groups excluding carboxylic acids is 1. The maximum absolute atomic E-state index is 11.9. The number of nitrogens with one attached hydrogen (secondary N) is 1. The molecule has 1 saturated heterocycles. The second-order valence-corrected chi connectivity index (χ2v) is 6.40. The molecule has 1 aliphatic rings. The molecule has 4 unspecified atom stereocenters. The van der Waals surface area contributed by atoms with Crippen LogP contribution in [0, 0.1) is 0 Å². The molecular formula is C11H20N2O5S. The summed E-state index contributed by atoms with van der Waals surface area (Å²) in [6.45, 7) is 2.26. The zero-order valence-electron chi connectivity index (χ0n) is 11.3. The van der Waals surface area contributed by atoms with Crippen LogP contribution in [0.5, 0.6) is 0 Å². The van der Waals surface area contributed by atoms with E-state index in [1.165, 1.54) is 12.0 Å². The van der Waals surface area contributed by atoms with Crippen LogP contribution >= 0.6 is 0 Å². The van der Waals surface area contributed by atoms with E-state index >= 15 is 0 Å². The summed E-state index contributed by atoms with van der Waals surface area (Å²) in [5.41, 5.74) is 0. The molecule has 1 heterocycles. The minimum absolute atomic E-state index is 0.173. The van der Waals surface area contributed by atoms with Crippen molar-refractivity contribution in [3.8, 4) is 0 Å². The Labute approximate surface area is 114 Å². The Kier molecular flexibility index (Phi) is 5.74. The summed E-state index contributed by atoms with van der Waals surface area (Å²) in [4.78, 5) is 24.3. The van der Waals surface area contributed by atoms with Gasteiger partial charge in [-0.15, -0.1) is 0 Å². The van der Waals surface area contributed by atoms with Crippen LogP contribution in [0.4, 0.5) is 4.79 Å². The van der Waals surface area contributed by atoms with Gasteiger partial charge < -0.3 is 20.1 Å². The minimum atomic E-state index is -1.04. The van der Waals surface area contributed by atoms with E-state index in [4.69, 9.17) is 9.84 Å². The Balaban J connectivity index is 2.59. The molecule has 2 amide bonds. The number of rotatable bonds is 5. The first-order chi connectivity index (χ1) is 8.86. The molecule has 0 bridgehead atoms. The predicted octanol–water partition coefficient (Wildman–Crippen LogP) is -0.363. The van der Waals surface area contributed by atoms with E-state index < -0.39 is 28.8 Å². The van der Waals surface area contributed by atoms with E-state index in [2.05, 4.69) is 5.32 Å². The van der Waals surface area contributed by atoms with Crippen molar-refractivity contribution in [3.63, 3.8) is 0 Å². The van der Waals surface area contributed by atoms with Crippen molar-refractivity contribution in [2.24, 2.45) is 0 Å². The third-order valence-electron chi connectivity index (χ3n) is 3.25. The van der Waals surface area contributed by atoms with Gasteiger partial charge in [0.05, 0.1) is 6.10 Å². The fraction of sp³-hybridized carbons (Fsp3) is 0.818. The summed E-state index contributed by atoms with van der Waals surface area (Å²) >= 11 is 0. The van der Waals surface area contributed by atoms with E-state index in [1.54, 1.807) is 13.2 Å². The van der Waals surface area contributed by atoms with Crippen LogP contribution in [0.1, 0.15) is 13.3 Å². The van der Waals surface area contributed by atoms with Gasteiger partial charge in [-0.25, -0.2) is 9.59 Å². The highest BCUT2D eigenvalue weighted by atomic mass is 32.2. The number of methoxy groups -OCH3 is 1.